The Kier molecular flexibility index (Phi) is 6.77. The topological polar surface area (TPSA) is 61.4 Å². The Balaban J connectivity index is 0.00000210. The fourth-order valence-corrected chi connectivity index (χ4v) is 4.86. The highest BCUT2D eigenvalue weighted by molar-refractivity contribution is 5.92. The number of likely N-dealkylation sites (tertiary alicyclic amines) is 1. The Bertz CT molecular complexity index is 632. The number of halogens is 1. The maximum Gasteiger partial charge on any atom is 0.239 e. The Labute approximate surface area is 167 Å². The van der Waals surface area contributed by atoms with Crippen molar-refractivity contribution in [1.82, 2.24) is 10.2 Å². The van der Waals surface area contributed by atoms with Gasteiger partial charge in [-0.2, -0.15) is 0 Å². The van der Waals surface area contributed by atoms with Gasteiger partial charge in [-0.3, -0.25) is 9.59 Å². The van der Waals surface area contributed by atoms with Crippen LogP contribution in [0.15, 0.2) is 30.3 Å². The zero-order chi connectivity index (χ0) is 17.9. The molecule has 1 aromatic carbocycles. The van der Waals surface area contributed by atoms with Gasteiger partial charge in [0.25, 0.3) is 0 Å². The van der Waals surface area contributed by atoms with Gasteiger partial charge in [0.2, 0.25) is 11.8 Å². The highest BCUT2D eigenvalue weighted by Gasteiger charge is 2.40. The SMILES string of the molecule is Cl.O=C(Nc1ccccc1)C1CCN(C(=O)C2CC3CCCCC3N2)CC1. The summed E-state index contributed by atoms with van der Waals surface area (Å²) < 4.78 is 0. The fourth-order valence-electron chi connectivity index (χ4n) is 4.86. The molecule has 2 heterocycles. The van der Waals surface area contributed by atoms with Crippen LogP contribution in [0, 0.1) is 11.8 Å². The van der Waals surface area contributed by atoms with Gasteiger partial charge in [-0.15, -0.1) is 12.4 Å². The van der Waals surface area contributed by atoms with Crippen LogP contribution in [-0.4, -0.2) is 41.9 Å². The van der Waals surface area contributed by atoms with Crippen molar-refractivity contribution in [2.45, 2.75) is 57.0 Å². The minimum Gasteiger partial charge on any atom is -0.341 e. The average molecular weight is 392 g/mol. The lowest BCUT2D eigenvalue weighted by Gasteiger charge is -2.33. The number of amides is 2. The molecule has 3 fully saturated rings. The van der Waals surface area contributed by atoms with Gasteiger partial charge in [0.15, 0.2) is 0 Å². The van der Waals surface area contributed by atoms with E-state index in [2.05, 4.69) is 10.6 Å². The number of nitrogens with zero attached hydrogens (tertiary/aromatic N) is 1. The van der Waals surface area contributed by atoms with E-state index >= 15 is 0 Å². The molecule has 3 atom stereocenters. The van der Waals surface area contributed by atoms with Crippen molar-refractivity contribution in [1.29, 1.82) is 0 Å². The first-order chi connectivity index (χ1) is 12.7. The lowest BCUT2D eigenvalue weighted by Crippen LogP contribution is -2.49. The molecule has 148 valence electrons. The Morgan fingerprint density at radius 3 is 2.41 bits per heavy atom. The lowest BCUT2D eigenvalue weighted by molar-refractivity contribution is -0.136. The van der Waals surface area contributed by atoms with Crippen molar-refractivity contribution in [2.24, 2.45) is 11.8 Å². The number of hydrogen-bond acceptors (Lipinski definition) is 3. The average Bonchev–Trinajstić information content (AvgIpc) is 3.12. The number of hydrogen-bond donors (Lipinski definition) is 2. The fraction of sp³-hybridized carbons (Fsp3) is 0.619. The second kappa shape index (κ2) is 9.07. The first kappa shape index (κ1) is 20.2. The minimum absolute atomic E-state index is 0. The van der Waals surface area contributed by atoms with Crippen LogP contribution in [0.1, 0.15) is 44.9 Å². The van der Waals surface area contributed by atoms with Gasteiger partial charge >= 0.3 is 0 Å². The highest BCUT2D eigenvalue weighted by atomic mass is 35.5. The molecule has 1 aromatic rings. The van der Waals surface area contributed by atoms with Crippen molar-refractivity contribution in [3.8, 4) is 0 Å². The van der Waals surface area contributed by atoms with Crippen LogP contribution in [0.2, 0.25) is 0 Å². The molecule has 2 N–H and O–H groups in total. The molecule has 2 aliphatic heterocycles. The number of anilines is 1. The van der Waals surface area contributed by atoms with Crippen LogP contribution in [0.3, 0.4) is 0 Å². The number of carbonyl (C=O) groups excluding carboxylic acids is 2. The van der Waals surface area contributed by atoms with Gasteiger partial charge in [0, 0.05) is 30.7 Å². The Morgan fingerprint density at radius 2 is 1.70 bits per heavy atom. The van der Waals surface area contributed by atoms with E-state index in [4.69, 9.17) is 0 Å². The summed E-state index contributed by atoms with van der Waals surface area (Å²) in [6, 6.07) is 10.1. The van der Waals surface area contributed by atoms with Crippen molar-refractivity contribution in [3.05, 3.63) is 30.3 Å². The van der Waals surface area contributed by atoms with E-state index in [-0.39, 0.29) is 36.2 Å². The number of nitrogens with one attached hydrogen (secondary N) is 2. The van der Waals surface area contributed by atoms with E-state index in [1.165, 1.54) is 25.7 Å². The maximum absolute atomic E-state index is 12.9. The third-order valence-electron chi connectivity index (χ3n) is 6.38. The summed E-state index contributed by atoms with van der Waals surface area (Å²) in [5.41, 5.74) is 0.841. The largest absolute Gasteiger partial charge is 0.341 e. The summed E-state index contributed by atoms with van der Waals surface area (Å²) in [7, 11) is 0. The van der Waals surface area contributed by atoms with Crippen molar-refractivity contribution >= 4 is 29.9 Å². The van der Waals surface area contributed by atoms with E-state index < -0.39 is 0 Å². The van der Waals surface area contributed by atoms with Crippen LogP contribution >= 0.6 is 12.4 Å². The summed E-state index contributed by atoms with van der Waals surface area (Å²) in [6.07, 6.45) is 7.59. The van der Waals surface area contributed by atoms with Crippen LogP contribution in [-0.2, 0) is 9.59 Å². The van der Waals surface area contributed by atoms with Crippen molar-refractivity contribution in [3.63, 3.8) is 0 Å². The second-order valence-corrected chi connectivity index (χ2v) is 8.06. The highest BCUT2D eigenvalue weighted by Crippen LogP contribution is 2.34. The molecule has 2 saturated heterocycles. The number of benzene rings is 1. The number of piperidine rings is 1. The molecular formula is C21H30ClN3O2. The molecule has 5 nitrogen and oxygen atoms in total. The molecule has 3 aliphatic rings. The van der Waals surface area contributed by atoms with Crippen molar-refractivity contribution in [2.75, 3.05) is 18.4 Å². The van der Waals surface area contributed by atoms with Gasteiger partial charge < -0.3 is 15.5 Å². The number of para-hydroxylation sites is 1. The third-order valence-corrected chi connectivity index (χ3v) is 6.38. The Hall–Kier alpha value is -1.59. The number of rotatable bonds is 3. The maximum atomic E-state index is 12.9. The monoisotopic (exact) mass is 391 g/mol. The molecule has 0 bridgehead atoms. The molecule has 27 heavy (non-hydrogen) atoms. The van der Waals surface area contributed by atoms with Gasteiger partial charge in [-0.05, 0) is 50.2 Å². The molecular weight excluding hydrogens is 362 g/mol. The summed E-state index contributed by atoms with van der Waals surface area (Å²) in [5.74, 6) is 1.01. The van der Waals surface area contributed by atoms with Gasteiger partial charge in [0.1, 0.15) is 0 Å². The van der Waals surface area contributed by atoms with E-state index in [1.807, 2.05) is 35.2 Å². The first-order valence-electron chi connectivity index (χ1n) is 10.1. The standard InChI is InChI=1S/C21H29N3O2.ClH/c25-20(22-17-7-2-1-3-8-17)15-10-12-24(13-11-15)21(26)19-14-16-6-4-5-9-18(16)23-19;/h1-3,7-8,15-16,18-19,23H,4-6,9-14H2,(H,22,25);1H. The van der Waals surface area contributed by atoms with E-state index in [9.17, 15) is 9.59 Å². The Morgan fingerprint density at radius 1 is 1.00 bits per heavy atom. The zero-order valence-electron chi connectivity index (χ0n) is 15.7. The number of fused-ring (bicyclic) bond motifs is 1. The molecule has 1 saturated carbocycles. The molecule has 0 radical (unpaired) electrons. The minimum atomic E-state index is -0.00204. The van der Waals surface area contributed by atoms with Crippen LogP contribution in [0.4, 0.5) is 5.69 Å². The summed E-state index contributed by atoms with van der Waals surface area (Å²) >= 11 is 0. The normalized spacial score (nSPS) is 28.1. The van der Waals surface area contributed by atoms with Crippen LogP contribution < -0.4 is 10.6 Å². The van der Waals surface area contributed by atoms with Crippen LogP contribution in [0.5, 0.6) is 0 Å². The van der Waals surface area contributed by atoms with E-state index in [0.717, 1.165) is 24.9 Å². The number of carbonyl (C=O) groups is 2. The third kappa shape index (κ3) is 4.64. The lowest BCUT2D eigenvalue weighted by atomic mass is 9.85. The summed E-state index contributed by atoms with van der Waals surface area (Å²) in [4.78, 5) is 27.3. The molecule has 4 rings (SSSR count). The molecule has 0 spiro atoms. The van der Waals surface area contributed by atoms with Gasteiger partial charge in [-0.25, -0.2) is 0 Å². The van der Waals surface area contributed by atoms with Gasteiger partial charge in [0.05, 0.1) is 6.04 Å². The second-order valence-electron chi connectivity index (χ2n) is 8.06. The zero-order valence-corrected chi connectivity index (χ0v) is 16.5. The van der Waals surface area contributed by atoms with E-state index in [0.29, 0.717) is 25.0 Å². The predicted octanol–water partition coefficient (Wildman–Crippen LogP) is 3.21. The summed E-state index contributed by atoms with van der Waals surface area (Å²) in [5, 5.41) is 6.58. The first-order valence-corrected chi connectivity index (χ1v) is 10.1. The smallest absolute Gasteiger partial charge is 0.239 e. The van der Waals surface area contributed by atoms with Gasteiger partial charge in [-0.1, -0.05) is 31.0 Å². The molecule has 6 heteroatoms. The molecule has 3 unspecified atom stereocenters. The summed E-state index contributed by atoms with van der Waals surface area (Å²) in [6.45, 7) is 1.39. The molecule has 1 aliphatic carbocycles. The van der Waals surface area contributed by atoms with E-state index in [1.54, 1.807) is 0 Å². The predicted molar refractivity (Wildman–Crippen MR) is 109 cm³/mol. The molecule has 2 amide bonds. The van der Waals surface area contributed by atoms with Crippen LogP contribution in [0.25, 0.3) is 0 Å². The quantitative estimate of drug-likeness (QED) is 0.831. The molecule has 0 aromatic heterocycles. The van der Waals surface area contributed by atoms with Crippen molar-refractivity contribution < 1.29 is 9.59 Å².